The van der Waals surface area contributed by atoms with E-state index in [1.807, 2.05) is 0 Å². The molecule has 24 heavy (non-hydrogen) atoms. The minimum Gasteiger partial charge on any atom is -0.506 e. The Hall–Kier alpha value is -3.35. The Bertz CT molecular complexity index is 1230. The summed E-state index contributed by atoms with van der Waals surface area (Å²) >= 11 is 0. The SMILES string of the molecule is Cc1cc(=O)oc2n[nH]c(-c3c(O)c4ccccc4n(C)c3=O)c12. The zero-order valence-electron chi connectivity index (χ0n) is 13.0. The van der Waals surface area contributed by atoms with Gasteiger partial charge in [0.15, 0.2) is 0 Å². The van der Waals surface area contributed by atoms with E-state index >= 15 is 0 Å². The first-order chi connectivity index (χ1) is 11.5. The first-order valence-corrected chi connectivity index (χ1v) is 7.29. The number of nitrogens with zero attached hydrogens (tertiary/aromatic N) is 2. The van der Waals surface area contributed by atoms with E-state index in [0.717, 1.165) is 0 Å². The molecule has 0 saturated carbocycles. The van der Waals surface area contributed by atoms with Crippen molar-refractivity contribution in [3.05, 3.63) is 56.7 Å². The van der Waals surface area contributed by atoms with E-state index in [1.165, 1.54) is 10.6 Å². The second kappa shape index (κ2) is 4.82. The lowest BCUT2D eigenvalue weighted by atomic mass is 10.0. The van der Waals surface area contributed by atoms with Crippen molar-refractivity contribution in [2.45, 2.75) is 6.92 Å². The van der Waals surface area contributed by atoms with Crippen LogP contribution in [0.5, 0.6) is 5.75 Å². The van der Waals surface area contributed by atoms with E-state index in [0.29, 0.717) is 27.5 Å². The number of hydrogen-bond donors (Lipinski definition) is 2. The standard InChI is InChI=1S/C17H13N3O4/c1-8-7-11(21)24-16-12(8)14(18-19-16)13-15(22)9-5-3-4-6-10(9)20(2)17(13)23/h3-7,22H,1-2H3,(H,18,19). The Balaban J connectivity index is 2.19. The van der Waals surface area contributed by atoms with Crippen molar-refractivity contribution in [2.24, 2.45) is 7.05 Å². The highest BCUT2D eigenvalue weighted by atomic mass is 16.4. The van der Waals surface area contributed by atoms with Crippen LogP contribution in [0.3, 0.4) is 0 Å². The second-order valence-corrected chi connectivity index (χ2v) is 5.63. The number of aromatic amines is 1. The number of aromatic hydroxyl groups is 1. The Labute approximate surface area is 134 Å². The molecular weight excluding hydrogens is 310 g/mol. The molecule has 3 aromatic heterocycles. The monoisotopic (exact) mass is 323 g/mol. The first-order valence-electron chi connectivity index (χ1n) is 7.29. The lowest BCUT2D eigenvalue weighted by Crippen LogP contribution is -2.19. The number of benzene rings is 1. The summed E-state index contributed by atoms with van der Waals surface area (Å²) in [6.07, 6.45) is 0. The Kier molecular flexibility index (Phi) is 2.86. The van der Waals surface area contributed by atoms with Crippen LogP contribution >= 0.6 is 0 Å². The van der Waals surface area contributed by atoms with Gasteiger partial charge in [-0.1, -0.05) is 12.1 Å². The van der Waals surface area contributed by atoms with Gasteiger partial charge in [-0.15, -0.1) is 5.10 Å². The normalized spacial score (nSPS) is 11.4. The highest BCUT2D eigenvalue weighted by Gasteiger charge is 2.22. The van der Waals surface area contributed by atoms with Crippen molar-refractivity contribution < 1.29 is 9.52 Å². The maximum atomic E-state index is 12.8. The van der Waals surface area contributed by atoms with Gasteiger partial charge in [0, 0.05) is 18.5 Å². The third-order valence-corrected chi connectivity index (χ3v) is 4.18. The number of aromatic nitrogens is 3. The molecule has 2 N–H and O–H groups in total. The lowest BCUT2D eigenvalue weighted by Gasteiger charge is -2.11. The average molecular weight is 323 g/mol. The van der Waals surface area contributed by atoms with Gasteiger partial charge < -0.3 is 14.1 Å². The number of nitrogens with one attached hydrogen (secondary N) is 1. The minimum atomic E-state index is -0.520. The smallest absolute Gasteiger partial charge is 0.337 e. The molecule has 3 heterocycles. The zero-order valence-corrected chi connectivity index (χ0v) is 13.0. The van der Waals surface area contributed by atoms with E-state index in [9.17, 15) is 14.7 Å². The third-order valence-electron chi connectivity index (χ3n) is 4.18. The van der Waals surface area contributed by atoms with Gasteiger partial charge in [0.1, 0.15) is 11.3 Å². The first kappa shape index (κ1) is 14.3. The van der Waals surface area contributed by atoms with Gasteiger partial charge in [-0.2, -0.15) is 0 Å². The van der Waals surface area contributed by atoms with Crippen LogP contribution < -0.4 is 11.2 Å². The van der Waals surface area contributed by atoms with Crippen molar-refractivity contribution in [1.29, 1.82) is 0 Å². The number of aryl methyl sites for hydroxylation is 2. The van der Waals surface area contributed by atoms with E-state index in [-0.39, 0.29) is 22.6 Å². The summed E-state index contributed by atoms with van der Waals surface area (Å²) in [5, 5.41) is 18.4. The number of rotatable bonds is 1. The van der Waals surface area contributed by atoms with Gasteiger partial charge >= 0.3 is 5.63 Å². The fourth-order valence-electron chi connectivity index (χ4n) is 3.02. The van der Waals surface area contributed by atoms with Crippen LogP contribution in [-0.4, -0.2) is 19.9 Å². The van der Waals surface area contributed by atoms with E-state index in [4.69, 9.17) is 4.42 Å². The lowest BCUT2D eigenvalue weighted by molar-refractivity contribution is 0.481. The van der Waals surface area contributed by atoms with Gasteiger partial charge in [0.25, 0.3) is 5.56 Å². The second-order valence-electron chi connectivity index (χ2n) is 5.63. The number of para-hydroxylation sites is 1. The molecule has 0 atom stereocenters. The molecule has 0 fully saturated rings. The molecule has 0 bridgehead atoms. The molecule has 0 unspecified atom stereocenters. The molecule has 0 aliphatic carbocycles. The topological polar surface area (TPSA) is 101 Å². The predicted octanol–water partition coefficient (Wildman–Crippen LogP) is 2.05. The van der Waals surface area contributed by atoms with Crippen LogP contribution in [0.1, 0.15) is 5.56 Å². The summed E-state index contributed by atoms with van der Waals surface area (Å²) in [7, 11) is 1.64. The van der Waals surface area contributed by atoms with Crippen LogP contribution in [0.2, 0.25) is 0 Å². The maximum Gasteiger partial charge on any atom is 0.337 e. The summed E-state index contributed by atoms with van der Waals surface area (Å²) in [6, 6.07) is 8.40. The molecule has 120 valence electrons. The van der Waals surface area contributed by atoms with Gasteiger partial charge in [-0.3, -0.25) is 9.89 Å². The number of hydrogen-bond acceptors (Lipinski definition) is 5. The quantitative estimate of drug-likeness (QED) is 0.558. The highest BCUT2D eigenvalue weighted by molar-refractivity contribution is 5.98. The molecule has 4 rings (SSSR count). The Morgan fingerprint density at radius 3 is 2.79 bits per heavy atom. The number of fused-ring (bicyclic) bond motifs is 2. The summed E-state index contributed by atoms with van der Waals surface area (Å²) in [4.78, 5) is 24.3. The minimum absolute atomic E-state index is 0.0932. The molecule has 7 heteroatoms. The van der Waals surface area contributed by atoms with Crippen molar-refractivity contribution in [1.82, 2.24) is 14.8 Å². The van der Waals surface area contributed by atoms with Gasteiger partial charge in [-0.05, 0) is 24.6 Å². The van der Waals surface area contributed by atoms with Gasteiger partial charge in [0.2, 0.25) is 5.71 Å². The van der Waals surface area contributed by atoms with Gasteiger partial charge in [-0.25, -0.2) is 4.79 Å². The zero-order chi connectivity index (χ0) is 17.0. The van der Waals surface area contributed by atoms with Crippen molar-refractivity contribution in [2.75, 3.05) is 0 Å². The van der Waals surface area contributed by atoms with Gasteiger partial charge in [0.05, 0.1) is 16.6 Å². The molecule has 7 nitrogen and oxygen atoms in total. The molecular formula is C17H13N3O4. The summed E-state index contributed by atoms with van der Waals surface area (Å²) in [6.45, 7) is 1.72. The summed E-state index contributed by atoms with van der Waals surface area (Å²) in [5.74, 6) is -0.134. The van der Waals surface area contributed by atoms with Crippen molar-refractivity contribution in [3.63, 3.8) is 0 Å². The largest absolute Gasteiger partial charge is 0.506 e. The molecule has 0 aliphatic heterocycles. The fraction of sp³-hybridized carbons (Fsp3) is 0.118. The van der Waals surface area contributed by atoms with Crippen molar-refractivity contribution in [3.8, 4) is 17.0 Å². The van der Waals surface area contributed by atoms with E-state index in [1.54, 1.807) is 38.2 Å². The van der Waals surface area contributed by atoms with Crippen LogP contribution in [0.15, 0.2) is 44.3 Å². The molecule has 0 aliphatic rings. The molecule has 0 amide bonds. The van der Waals surface area contributed by atoms with E-state index < -0.39 is 5.63 Å². The molecule has 4 aromatic rings. The molecule has 0 radical (unpaired) electrons. The van der Waals surface area contributed by atoms with Crippen LogP contribution in [-0.2, 0) is 7.05 Å². The molecule has 0 saturated heterocycles. The predicted molar refractivity (Wildman–Crippen MR) is 89.2 cm³/mol. The average Bonchev–Trinajstić information content (AvgIpc) is 2.97. The molecule has 0 spiro atoms. The fourth-order valence-corrected chi connectivity index (χ4v) is 3.02. The number of pyridine rings is 1. The van der Waals surface area contributed by atoms with Crippen LogP contribution in [0, 0.1) is 6.92 Å². The Morgan fingerprint density at radius 2 is 2.00 bits per heavy atom. The summed E-state index contributed by atoms with van der Waals surface area (Å²) < 4.78 is 6.52. The summed E-state index contributed by atoms with van der Waals surface area (Å²) in [5.41, 5.74) is 0.863. The van der Waals surface area contributed by atoms with E-state index in [2.05, 4.69) is 10.2 Å². The maximum absolute atomic E-state index is 12.8. The van der Waals surface area contributed by atoms with Crippen LogP contribution in [0.25, 0.3) is 33.3 Å². The highest BCUT2D eigenvalue weighted by Crippen LogP contribution is 2.35. The Morgan fingerprint density at radius 1 is 1.25 bits per heavy atom. The molecule has 1 aromatic carbocycles. The number of H-pyrrole nitrogens is 1. The third kappa shape index (κ3) is 1.81. The van der Waals surface area contributed by atoms with Crippen molar-refractivity contribution >= 4 is 22.0 Å². The van der Waals surface area contributed by atoms with Crippen LogP contribution in [0.4, 0.5) is 0 Å².